The van der Waals surface area contributed by atoms with Crippen LogP contribution in [-0.2, 0) is 6.54 Å². The van der Waals surface area contributed by atoms with E-state index in [0.717, 1.165) is 22.0 Å². The molecule has 0 unspecified atom stereocenters. The van der Waals surface area contributed by atoms with Gasteiger partial charge in [-0.05, 0) is 18.2 Å². The summed E-state index contributed by atoms with van der Waals surface area (Å²) < 4.78 is 1.80. The molecule has 22 heavy (non-hydrogen) atoms. The van der Waals surface area contributed by atoms with Crippen LogP contribution in [0.25, 0.3) is 16.4 Å². The Kier molecular flexibility index (Phi) is 2.89. The fourth-order valence-corrected chi connectivity index (χ4v) is 2.65. The highest BCUT2D eigenvalue weighted by molar-refractivity contribution is 6.06. The third-order valence-electron chi connectivity index (χ3n) is 3.78. The van der Waals surface area contributed by atoms with Gasteiger partial charge in [0, 0.05) is 35.4 Å². The average molecular weight is 290 g/mol. The predicted molar refractivity (Wildman–Crippen MR) is 84.7 cm³/mol. The fourth-order valence-electron chi connectivity index (χ4n) is 2.65. The number of carbonyl (C=O) groups is 1. The number of benzene rings is 1. The van der Waals surface area contributed by atoms with Crippen molar-refractivity contribution < 1.29 is 4.79 Å². The lowest BCUT2D eigenvalue weighted by Gasteiger charge is -2.03. The van der Waals surface area contributed by atoms with E-state index in [9.17, 15) is 4.79 Å². The van der Waals surface area contributed by atoms with Crippen LogP contribution < -0.4 is 5.32 Å². The van der Waals surface area contributed by atoms with E-state index in [4.69, 9.17) is 0 Å². The van der Waals surface area contributed by atoms with E-state index in [0.29, 0.717) is 12.1 Å². The lowest BCUT2D eigenvalue weighted by molar-refractivity contribution is 0.0953. The number of rotatable bonds is 3. The number of para-hydroxylation sites is 1. The van der Waals surface area contributed by atoms with Gasteiger partial charge in [0.1, 0.15) is 0 Å². The van der Waals surface area contributed by atoms with Crippen LogP contribution in [0.2, 0.25) is 0 Å². The van der Waals surface area contributed by atoms with Crippen LogP contribution in [0.5, 0.6) is 0 Å². The molecule has 108 valence electrons. The quantitative estimate of drug-likeness (QED) is 0.609. The van der Waals surface area contributed by atoms with Crippen molar-refractivity contribution in [2.75, 3.05) is 0 Å². The van der Waals surface area contributed by atoms with Gasteiger partial charge in [0.05, 0.1) is 17.3 Å². The van der Waals surface area contributed by atoms with Gasteiger partial charge in [-0.25, -0.2) is 4.52 Å². The molecule has 3 aromatic heterocycles. The number of aromatic amines is 1. The van der Waals surface area contributed by atoms with Crippen molar-refractivity contribution in [3.63, 3.8) is 0 Å². The Balaban J connectivity index is 1.57. The average Bonchev–Trinajstić information content (AvgIpc) is 3.17. The molecule has 3 heterocycles. The summed E-state index contributed by atoms with van der Waals surface area (Å²) in [7, 11) is 0. The van der Waals surface area contributed by atoms with Crippen LogP contribution in [0.3, 0.4) is 0 Å². The Bertz CT molecular complexity index is 967. The normalized spacial score (nSPS) is 11.1. The summed E-state index contributed by atoms with van der Waals surface area (Å²) in [5.41, 5.74) is 3.62. The molecule has 0 radical (unpaired) electrons. The zero-order valence-corrected chi connectivity index (χ0v) is 11.8. The Hall–Kier alpha value is -3.08. The molecular weight excluding hydrogens is 276 g/mol. The topological polar surface area (TPSA) is 62.2 Å². The van der Waals surface area contributed by atoms with Gasteiger partial charge >= 0.3 is 0 Å². The van der Waals surface area contributed by atoms with Crippen molar-refractivity contribution in [2.45, 2.75) is 6.54 Å². The molecule has 4 aromatic rings. The van der Waals surface area contributed by atoms with Crippen molar-refractivity contribution >= 4 is 22.3 Å². The van der Waals surface area contributed by atoms with Gasteiger partial charge in [-0.15, -0.1) is 0 Å². The van der Waals surface area contributed by atoms with Gasteiger partial charge in [0.2, 0.25) is 0 Å². The van der Waals surface area contributed by atoms with Crippen LogP contribution in [0, 0.1) is 0 Å². The maximum atomic E-state index is 12.4. The zero-order valence-electron chi connectivity index (χ0n) is 11.8. The summed E-state index contributed by atoms with van der Waals surface area (Å²) in [6, 6.07) is 13.6. The smallest absolute Gasteiger partial charge is 0.253 e. The first-order valence-corrected chi connectivity index (χ1v) is 7.08. The third kappa shape index (κ3) is 2.03. The van der Waals surface area contributed by atoms with Gasteiger partial charge in [0.25, 0.3) is 5.91 Å². The second-order valence-corrected chi connectivity index (χ2v) is 5.13. The van der Waals surface area contributed by atoms with Gasteiger partial charge in [-0.1, -0.05) is 24.3 Å². The number of carbonyl (C=O) groups excluding carboxylic acids is 1. The van der Waals surface area contributed by atoms with E-state index in [1.54, 1.807) is 16.9 Å². The molecule has 5 heteroatoms. The summed E-state index contributed by atoms with van der Waals surface area (Å²) in [6.07, 6.45) is 5.42. The summed E-state index contributed by atoms with van der Waals surface area (Å²) >= 11 is 0. The van der Waals surface area contributed by atoms with Gasteiger partial charge in [0.15, 0.2) is 0 Å². The van der Waals surface area contributed by atoms with E-state index >= 15 is 0 Å². The molecule has 0 saturated carbocycles. The minimum absolute atomic E-state index is 0.0901. The molecule has 0 aliphatic heterocycles. The highest BCUT2D eigenvalue weighted by Crippen LogP contribution is 2.17. The molecule has 0 aliphatic rings. The molecule has 0 spiro atoms. The fraction of sp³-hybridized carbons (Fsp3) is 0.0588. The molecule has 1 aromatic carbocycles. The van der Waals surface area contributed by atoms with E-state index in [1.165, 1.54) is 0 Å². The minimum atomic E-state index is -0.0901. The Morgan fingerprint density at radius 3 is 3.00 bits per heavy atom. The largest absolute Gasteiger partial charge is 0.360 e. The van der Waals surface area contributed by atoms with Crippen LogP contribution in [-0.4, -0.2) is 20.5 Å². The number of nitrogens with zero attached hydrogens (tertiary/aromatic N) is 2. The number of hydrogen-bond acceptors (Lipinski definition) is 2. The lowest BCUT2D eigenvalue weighted by atomic mass is 10.1. The van der Waals surface area contributed by atoms with Crippen molar-refractivity contribution in [2.24, 2.45) is 0 Å². The summed E-state index contributed by atoms with van der Waals surface area (Å²) in [4.78, 5) is 15.5. The number of H-pyrrole nitrogens is 1. The van der Waals surface area contributed by atoms with Crippen LogP contribution in [0.15, 0.2) is 61.1 Å². The van der Waals surface area contributed by atoms with E-state index in [1.807, 2.05) is 48.7 Å². The van der Waals surface area contributed by atoms with Crippen molar-refractivity contribution in [1.82, 2.24) is 19.9 Å². The maximum Gasteiger partial charge on any atom is 0.253 e. The molecule has 0 saturated heterocycles. The monoisotopic (exact) mass is 290 g/mol. The first kappa shape index (κ1) is 12.6. The van der Waals surface area contributed by atoms with Crippen molar-refractivity contribution in [3.8, 4) is 0 Å². The lowest BCUT2D eigenvalue weighted by Crippen LogP contribution is -2.22. The van der Waals surface area contributed by atoms with Crippen molar-refractivity contribution in [3.05, 3.63) is 72.2 Å². The van der Waals surface area contributed by atoms with Gasteiger partial charge in [-0.2, -0.15) is 5.10 Å². The number of amides is 1. The number of pyridine rings is 1. The maximum absolute atomic E-state index is 12.4. The summed E-state index contributed by atoms with van der Waals surface area (Å²) in [5.74, 6) is -0.0901. The second-order valence-electron chi connectivity index (χ2n) is 5.13. The van der Waals surface area contributed by atoms with E-state index in [-0.39, 0.29) is 5.91 Å². The Morgan fingerprint density at radius 2 is 2.05 bits per heavy atom. The number of fused-ring (bicyclic) bond motifs is 2. The summed E-state index contributed by atoms with van der Waals surface area (Å²) in [5, 5.41) is 8.16. The van der Waals surface area contributed by atoms with Crippen molar-refractivity contribution in [1.29, 1.82) is 0 Å². The van der Waals surface area contributed by atoms with E-state index in [2.05, 4.69) is 15.4 Å². The Labute approximate surface area is 126 Å². The SMILES string of the molecule is O=C(NCc1cnn2ccccc12)c1c[nH]c2ccccc12. The second kappa shape index (κ2) is 5.04. The number of aromatic nitrogens is 3. The van der Waals surface area contributed by atoms with Crippen LogP contribution in [0.4, 0.5) is 0 Å². The van der Waals surface area contributed by atoms with Crippen LogP contribution in [0.1, 0.15) is 15.9 Å². The molecular formula is C17H14N4O. The molecule has 2 N–H and O–H groups in total. The molecule has 0 fully saturated rings. The number of nitrogens with one attached hydrogen (secondary N) is 2. The van der Waals surface area contributed by atoms with Crippen LogP contribution >= 0.6 is 0 Å². The first-order valence-electron chi connectivity index (χ1n) is 7.08. The van der Waals surface area contributed by atoms with Gasteiger partial charge < -0.3 is 10.3 Å². The minimum Gasteiger partial charge on any atom is -0.360 e. The Morgan fingerprint density at radius 1 is 1.18 bits per heavy atom. The van der Waals surface area contributed by atoms with E-state index < -0.39 is 0 Å². The number of hydrogen-bond donors (Lipinski definition) is 2. The predicted octanol–water partition coefficient (Wildman–Crippen LogP) is 2.75. The highest BCUT2D eigenvalue weighted by atomic mass is 16.1. The summed E-state index contributed by atoms with van der Waals surface area (Å²) in [6.45, 7) is 0.450. The first-order chi connectivity index (χ1) is 10.8. The molecule has 0 aliphatic carbocycles. The van der Waals surface area contributed by atoms with Gasteiger partial charge in [-0.3, -0.25) is 4.79 Å². The third-order valence-corrected chi connectivity index (χ3v) is 3.78. The molecule has 0 bridgehead atoms. The standard InChI is InChI=1S/C17H14N4O/c22-17(14-11-18-15-6-2-1-5-13(14)15)19-9-12-10-20-21-8-4-3-7-16(12)21/h1-8,10-11,18H,9H2,(H,19,22). The molecule has 1 amide bonds. The molecule has 5 nitrogen and oxygen atoms in total. The molecule has 4 rings (SSSR count). The zero-order chi connectivity index (χ0) is 14.9. The highest BCUT2D eigenvalue weighted by Gasteiger charge is 2.12. The molecule has 0 atom stereocenters.